The molecular formula is C21H24N6O6. The Bertz CT molecular complexity index is 1220. The van der Waals surface area contributed by atoms with Crippen LogP contribution in [0.15, 0.2) is 41.3 Å². The van der Waals surface area contributed by atoms with Crippen LogP contribution >= 0.6 is 0 Å². The lowest BCUT2D eigenvalue weighted by atomic mass is 10.1. The van der Waals surface area contributed by atoms with Crippen molar-refractivity contribution in [3.05, 3.63) is 52.4 Å². The number of nitrogens with one attached hydrogen (secondary N) is 3. The fourth-order valence-corrected chi connectivity index (χ4v) is 3.31. The average molecular weight is 456 g/mol. The molecule has 0 bridgehead atoms. The maximum absolute atomic E-state index is 12.3. The molecule has 0 saturated carbocycles. The molecule has 2 aromatic heterocycles. The molecule has 1 aromatic carbocycles. The second kappa shape index (κ2) is 10.3. The summed E-state index contributed by atoms with van der Waals surface area (Å²) in [6.45, 7) is 1.18. The van der Waals surface area contributed by atoms with Crippen LogP contribution in [0.2, 0.25) is 0 Å². The fourth-order valence-electron chi connectivity index (χ4n) is 3.31. The molecule has 3 rings (SSSR count). The molecular weight excluding hydrogens is 432 g/mol. The SMILES string of the molecule is Nc1nc2ccn(CCCNc3ccc(C(=O)N[C@@H](CCC(=O)O)C(=O)O)cc3)c2c(=O)[nH]1. The van der Waals surface area contributed by atoms with Gasteiger partial charge in [0.1, 0.15) is 11.6 Å². The van der Waals surface area contributed by atoms with Gasteiger partial charge in [-0.05, 0) is 43.2 Å². The molecule has 12 heteroatoms. The summed E-state index contributed by atoms with van der Waals surface area (Å²) < 4.78 is 1.80. The first kappa shape index (κ1) is 23.3. The van der Waals surface area contributed by atoms with E-state index in [9.17, 15) is 19.2 Å². The van der Waals surface area contributed by atoms with Gasteiger partial charge in [0.15, 0.2) is 0 Å². The highest BCUT2D eigenvalue weighted by Crippen LogP contribution is 2.12. The first-order valence-corrected chi connectivity index (χ1v) is 10.2. The topological polar surface area (TPSA) is 192 Å². The molecule has 0 radical (unpaired) electrons. The number of aliphatic carboxylic acids is 2. The van der Waals surface area contributed by atoms with Crippen LogP contribution in [0.5, 0.6) is 0 Å². The second-order valence-corrected chi connectivity index (χ2v) is 7.35. The summed E-state index contributed by atoms with van der Waals surface area (Å²) in [5.74, 6) is -2.95. The van der Waals surface area contributed by atoms with E-state index in [-0.39, 0.29) is 29.9 Å². The van der Waals surface area contributed by atoms with Gasteiger partial charge in [-0.25, -0.2) is 9.78 Å². The largest absolute Gasteiger partial charge is 0.481 e. The van der Waals surface area contributed by atoms with Gasteiger partial charge >= 0.3 is 11.9 Å². The van der Waals surface area contributed by atoms with Gasteiger partial charge in [-0.2, -0.15) is 0 Å². The molecule has 0 aliphatic rings. The molecule has 0 unspecified atom stereocenters. The van der Waals surface area contributed by atoms with Gasteiger partial charge in [-0.3, -0.25) is 19.4 Å². The Kier molecular flexibility index (Phi) is 7.28. The average Bonchev–Trinajstić information content (AvgIpc) is 3.17. The van der Waals surface area contributed by atoms with Gasteiger partial charge in [-0.15, -0.1) is 0 Å². The van der Waals surface area contributed by atoms with Crippen LogP contribution in [0.3, 0.4) is 0 Å². The number of carbonyl (C=O) groups excluding carboxylic acids is 1. The number of carboxylic acid groups (broad SMARTS) is 2. The van der Waals surface area contributed by atoms with Crippen molar-refractivity contribution in [3.8, 4) is 0 Å². The number of carboxylic acids is 2. The molecule has 1 atom stereocenters. The first-order chi connectivity index (χ1) is 15.7. The number of H-pyrrole nitrogens is 1. The van der Waals surface area contributed by atoms with E-state index in [1.54, 1.807) is 41.1 Å². The third-order valence-electron chi connectivity index (χ3n) is 4.94. The summed E-state index contributed by atoms with van der Waals surface area (Å²) in [6, 6.07) is 6.91. The minimum Gasteiger partial charge on any atom is -0.481 e. The highest BCUT2D eigenvalue weighted by atomic mass is 16.4. The number of nitrogens with zero attached hydrogens (tertiary/aromatic N) is 2. The van der Waals surface area contributed by atoms with Crippen molar-refractivity contribution in [1.29, 1.82) is 0 Å². The highest BCUT2D eigenvalue weighted by Gasteiger charge is 2.21. The first-order valence-electron chi connectivity index (χ1n) is 10.2. The maximum Gasteiger partial charge on any atom is 0.326 e. The molecule has 0 aliphatic carbocycles. The van der Waals surface area contributed by atoms with Crippen LogP contribution in [0.1, 0.15) is 29.6 Å². The van der Waals surface area contributed by atoms with E-state index in [1.807, 2.05) is 0 Å². The van der Waals surface area contributed by atoms with Gasteiger partial charge in [0, 0.05) is 37.0 Å². The third-order valence-corrected chi connectivity index (χ3v) is 4.94. The maximum atomic E-state index is 12.3. The number of nitrogen functional groups attached to an aromatic ring is 1. The van der Waals surface area contributed by atoms with Crippen molar-refractivity contribution in [2.45, 2.75) is 31.8 Å². The lowest BCUT2D eigenvalue weighted by Gasteiger charge is -2.14. The zero-order valence-corrected chi connectivity index (χ0v) is 17.6. The van der Waals surface area contributed by atoms with E-state index in [2.05, 4.69) is 20.6 Å². The summed E-state index contributed by atoms with van der Waals surface area (Å²) in [7, 11) is 0. The molecule has 12 nitrogen and oxygen atoms in total. The zero-order chi connectivity index (χ0) is 24.0. The minimum absolute atomic E-state index is 0.0720. The van der Waals surface area contributed by atoms with Gasteiger partial charge in [0.25, 0.3) is 11.5 Å². The number of aryl methyl sites for hydroxylation is 1. The normalized spacial score (nSPS) is 11.8. The van der Waals surface area contributed by atoms with Crippen molar-refractivity contribution in [3.63, 3.8) is 0 Å². The number of aromatic amines is 1. The standard InChI is InChI=1S/C21H24N6O6/c22-21-25-14-8-11-27(17(14)19(31)26-21)10-1-9-23-13-4-2-12(3-5-13)18(30)24-15(20(32)33)6-7-16(28)29/h2-5,8,11,15,23H,1,6-7,9-10H2,(H,24,30)(H,28,29)(H,32,33)(H3,22,25,26,31)/t15-/m0/s1. The summed E-state index contributed by atoms with van der Waals surface area (Å²) in [4.78, 5) is 52.8. The zero-order valence-electron chi connectivity index (χ0n) is 17.6. The Labute approximate surface area is 187 Å². The number of rotatable bonds is 11. The summed E-state index contributed by atoms with van der Waals surface area (Å²) in [5.41, 5.74) is 7.27. The molecule has 174 valence electrons. The molecule has 33 heavy (non-hydrogen) atoms. The van der Waals surface area contributed by atoms with Crippen molar-refractivity contribution >= 4 is 40.5 Å². The van der Waals surface area contributed by atoms with Gasteiger partial charge in [0.2, 0.25) is 5.95 Å². The number of amides is 1. The van der Waals surface area contributed by atoms with E-state index >= 15 is 0 Å². The number of anilines is 2. The van der Waals surface area contributed by atoms with E-state index < -0.39 is 23.9 Å². The molecule has 2 heterocycles. The number of hydrogen-bond acceptors (Lipinski definition) is 7. The monoisotopic (exact) mass is 456 g/mol. The predicted molar refractivity (Wildman–Crippen MR) is 120 cm³/mol. The Balaban J connectivity index is 1.50. The Hall–Kier alpha value is -4.35. The molecule has 3 aromatic rings. The van der Waals surface area contributed by atoms with E-state index in [0.717, 1.165) is 5.69 Å². The van der Waals surface area contributed by atoms with Crippen molar-refractivity contribution in [2.24, 2.45) is 0 Å². The lowest BCUT2D eigenvalue weighted by molar-refractivity contribution is -0.140. The molecule has 1 amide bonds. The van der Waals surface area contributed by atoms with Crippen molar-refractivity contribution < 1.29 is 24.6 Å². The van der Waals surface area contributed by atoms with Crippen LogP contribution < -0.4 is 21.9 Å². The third kappa shape index (κ3) is 6.09. The molecule has 0 spiro atoms. The number of carbonyl (C=O) groups is 3. The number of hydrogen-bond donors (Lipinski definition) is 6. The van der Waals surface area contributed by atoms with Crippen LogP contribution in [-0.2, 0) is 16.1 Å². The Morgan fingerprint density at radius 1 is 1.15 bits per heavy atom. The van der Waals surface area contributed by atoms with Gasteiger partial charge in [-0.1, -0.05) is 0 Å². The lowest BCUT2D eigenvalue weighted by Crippen LogP contribution is -2.41. The Morgan fingerprint density at radius 3 is 2.55 bits per heavy atom. The number of fused-ring (bicyclic) bond motifs is 1. The van der Waals surface area contributed by atoms with Gasteiger partial charge < -0.3 is 31.1 Å². The van der Waals surface area contributed by atoms with Crippen LogP contribution in [0.4, 0.5) is 11.6 Å². The number of benzene rings is 1. The fraction of sp³-hybridized carbons (Fsp3) is 0.286. The quantitative estimate of drug-likeness (QED) is 0.227. The molecule has 0 saturated heterocycles. The second-order valence-electron chi connectivity index (χ2n) is 7.35. The van der Waals surface area contributed by atoms with Crippen LogP contribution in [0, 0.1) is 0 Å². The van der Waals surface area contributed by atoms with E-state index in [4.69, 9.17) is 15.9 Å². The van der Waals surface area contributed by atoms with Crippen LogP contribution in [-0.4, -0.2) is 55.2 Å². The minimum atomic E-state index is -1.29. The van der Waals surface area contributed by atoms with E-state index in [1.165, 1.54) is 0 Å². The number of nitrogens with two attached hydrogens (primary N) is 1. The van der Waals surface area contributed by atoms with E-state index in [0.29, 0.717) is 30.5 Å². The van der Waals surface area contributed by atoms with Crippen molar-refractivity contribution in [1.82, 2.24) is 19.9 Å². The van der Waals surface area contributed by atoms with Crippen molar-refractivity contribution in [2.75, 3.05) is 17.6 Å². The van der Waals surface area contributed by atoms with Gasteiger partial charge in [0.05, 0.1) is 5.52 Å². The molecule has 0 aliphatic heterocycles. The smallest absolute Gasteiger partial charge is 0.326 e. The molecule has 7 N–H and O–H groups in total. The Morgan fingerprint density at radius 2 is 1.88 bits per heavy atom. The highest BCUT2D eigenvalue weighted by molar-refractivity contribution is 5.96. The van der Waals surface area contributed by atoms with Crippen LogP contribution in [0.25, 0.3) is 11.0 Å². The summed E-state index contributed by atoms with van der Waals surface area (Å²) in [5, 5.41) is 23.4. The molecule has 0 fully saturated rings. The predicted octanol–water partition coefficient (Wildman–Crippen LogP) is 0.857. The summed E-state index contributed by atoms with van der Waals surface area (Å²) in [6.07, 6.45) is 1.92. The number of aromatic nitrogens is 3. The summed E-state index contributed by atoms with van der Waals surface area (Å²) >= 11 is 0.